The lowest BCUT2D eigenvalue weighted by atomic mass is 10.4. The zero-order valence-corrected chi connectivity index (χ0v) is 16.4. The molecule has 0 aliphatic carbocycles. The third-order valence-electron chi connectivity index (χ3n) is 2.00. The van der Waals surface area contributed by atoms with Crippen LogP contribution in [0.5, 0.6) is 0 Å². The van der Waals surface area contributed by atoms with Crippen LogP contribution in [0.2, 0.25) is 0 Å². The van der Waals surface area contributed by atoms with Crippen molar-refractivity contribution in [1.82, 2.24) is 20.4 Å². The zero-order chi connectivity index (χ0) is 20.2. The number of nitriles is 2. The van der Waals surface area contributed by atoms with Crippen molar-refractivity contribution in [3.8, 4) is 12.1 Å². The van der Waals surface area contributed by atoms with Crippen molar-refractivity contribution in [2.75, 3.05) is 12.8 Å². The summed E-state index contributed by atoms with van der Waals surface area (Å²) in [6.45, 7) is 16.1. The number of aromatic nitrogens is 4. The lowest BCUT2D eigenvalue weighted by Crippen LogP contribution is -1.95. The normalized spacial score (nSPS) is 9.89. The lowest BCUT2D eigenvalue weighted by molar-refractivity contribution is 0.600. The van der Waals surface area contributed by atoms with Crippen molar-refractivity contribution < 1.29 is 8.42 Å². The van der Waals surface area contributed by atoms with Crippen molar-refractivity contribution in [3.63, 3.8) is 0 Å². The fraction of sp³-hybridized carbons (Fsp3) is 0.429. The van der Waals surface area contributed by atoms with E-state index < -0.39 is 15.9 Å². The molecule has 0 amide bonds. The summed E-state index contributed by atoms with van der Waals surface area (Å²) >= 11 is 2.37. The van der Waals surface area contributed by atoms with Crippen LogP contribution in [0.25, 0.3) is 9.69 Å². The topological polar surface area (TPSA) is 142 Å². The van der Waals surface area contributed by atoms with Gasteiger partial charge in [-0.3, -0.25) is 4.85 Å². The van der Waals surface area contributed by atoms with Crippen LogP contribution in [0.1, 0.15) is 28.5 Å². The first kappa shape index (κ1) is 26.3. The van der Waals surface area contributed by atoms with Crippen LogP contribution >= 0.6 is 22.7 Å². The Hall–Kier alpha value is -2.97. The monoisotopic (exact) mass is 424 g/mol. The van der Waals surface area contributed by atoms with Crippen LogP contribution < -0.4 is 0 Å². The number of aryl methyl sites for hydroxylation is 2. The molecule has 0 bridgehead atoms. The van der Waals surface area contributed by atoms with Gasteiger partial charge in [-0.1, -0.05) is 30.1 Å². The molecule has 2 heterocycles. The minimum Gasteiger partial charge on any atom is -0.301 e. The lowest BCUT2D eigenvalue weighted by Gasteiger charge is -1.83. The molecule has 10 nitrogen and oxygen atoms in total. The van der Waals surface area contributed by atoms with Gasteiger partial charge in [0.1, 0.15) is 16.1 Å². The van der Waals surface area contributed by atoms with Crippen LogP contribution in [0.4, 0.5) is 0 Å². The van der Waals surface area contributed by atoms with Crippen molar-refractivity contribution in [3.05, 3.63) is 37.9 Å². The second kappa shape index (κ2) is 13.3. The molecule has 13 heteroatoms. The number of hydrogen-bond donors (Lipinski definition) is 0. The average Bonchev–Trinajstić information content (AvgIpc) is 3.19. The van der Waals surface area contributed by atoms with Crippen LogP contribution in [-0.4, -0.2) is 41.6 Å². The molecule has 0 N–H and O–H groups in total. The molecule has 0 saturated carbocycles. The van der Waals surface area contributed by atoms with E-state index in [1.165, 1.54) is 11.3 Å². The van der Waals surface area contributed by atoms with Gasteiger partial charge in [0.05, 0.1) is 0 Å². The van der Waals surface area contributed by atoms with Gasteiger partial charge >= 0.3 is 6.04 Å². The molecule has 0 radical (unpaired) electrons. The fourth-order valence-corrected chi connectivity index (χ4v) is 3.28. The van der Waals surface area contributed by atoms with Crippen LogP contribution in [0.3, 0.4) is 0 Å². The van der Waals surface area contributed by atoms with Crippen molar-refractivity contribution in [2.45, 2.75) is 31.7 Å². The number of sulfone groups is 1. The predicted octanol–water partition coefficient (Wildman–Crippen LogP) is 2.65. The summed E-state index contributed by atoms with van der Waals surface area (Å²) in [5.74, 6) is 0. The highest BCUT2D eigenvalue weighted by molar-refractivity contribution is 7.92. The highest BCUT2D eigenvalue weighted by Crippen LogP contribution is 2.19. The first-order valence-electron chi connectivity index (χ1n) is 6.46. The Bertz CT molecular complexity index is 957. The number of nitrogens with zero attached hydrogens (tertiary/aromatic N) is 8. The highest BCUT2D eigenvalue weighted by atomic mass is 32.2. The summed E-state index contributed by atoms with van der Waals surface area (Å²) in [4.78, 5) is 5.83. The molecular weight excluding hydrogens is 408 g/mol. The summed E-state index contributed by atoms with van der Waals surface area (Å²) < 4.78 is 21.6. The molecule has 0 aliphatic heterocycles. The van der Waals surface area contributed by atoms with Gasteiger partial charge in [0.25, 0.3) is 6.54 Å². The van der Waals surface area contributed by atoms with Gasteiger partial charge in [-0.05, 0) is 13.8 Å². The molecule has 2 rings (SSSR count). The third-order valence-corrected chi connectivity index (χ3v) is 5.40. The van der Waals surface area contributed by atoms with Gasteiger partial charge in [0.2, 0.25) is 19.2 Å². The van der Waals surface area contributed by atoms with E-state index in [1.807, 2.05) is 6.07 Å². The van der Waals surface area contributed by atoms with Crippen molar-refractivity contribution in [1.29, 1.82) is 10.5 Å². The van der Waals surface area contributed by atoms with Crippen molar-refractivity contribution in [2.24, 2.45) is 0 Å². The Labute approximate surface area is 166 Å². The summed E-state index contributed by atoms with van der Waals surface area (Å²) in [5.41, 5.74) is 0. The van der Waals surface area contributed by atoms with Gasteiger partial charge in [-0.15, -0.1) is 20.4 Å². The quantitative estimate of drug-likeness (QED) is 0.529. The Kier molecular flexibility index (Phi) is 12.9. The molecular formula is C14H16N8O2S3. The number of hydrogen-bond acceptors (Lipinski definition) is 10. The predicted molar refractivity (Wildman–Crippen MR) is 101 cm³/mol. The molecule has 142 valence electrons. The molecule has 0 aromatic carbocycles. The van der Waals surface area contributed by atoms with E-state index in [4.69, 9.17) is 23.7 Å². The van der Waals surface area contributed by atoms with Gasteiger partial charge in [-0.2, -0.15) is 10.5 Å². The minimum absolute atomic E-state index is 0. The van der Waals surface area contributed by atoms with E-state index in [9.17, 15) is 8.42 Å². The molecule has 1 unspecified atom stereocenters. The molecule has 0 aliphatic rings. The Balaban J connectivity index is 0. The zero-order valence-electron chi connectivity index (χ0n) is 13.9. The largest absolute Gasteiger partial charge is 0.359 e. The van der Waals surface area contributed by atoms with Gasteiger partial charge in [0, 0.05) is 6.26 Å². The maximum absolute atomic E-state index is 10.8. The van der Waals surface area contributed by atoms with E-state index in [2.05, 4.69) is 30.1 Å². The van der Waals surface area contributed by atoms with E-state index in [1.54, 1.807) is 19.9 Å². The molecule has 0 fully saturated rings. The summed E-state index contributed by atoms with van der Waals surface area (Å²) in [5, 5.41) is 32.4. The molecule has 27 heavy (non-hydrogen) atoms. The standard InChI is InChI=1S/C6H4N4S.C4H6N2O2S2.C3H2N2.CH4/c1-4-9-10-6(11-4)5(3-7)8-2;1-3-5-6-4(9-3)10(2,7)8;1-5-3-2-4;/h5H,1H3;1-2H3;3H2;1H4. The minimum atomic E-state index is -3.14. The number of rotatable bonds is 2. The SMILES string of the molecule is C.Cc1nnc(S(C)(=O)=O)s1.[C-]#[N+]C(C#N)c1nnc(C)s1.[C-]#[N+]CC#N. The molecule has 2 aromatic rings. The summed E-state index contributed by atoms with van der Waals surface area (Å²) in [6, 6.07) is 2.72. The molecule has 1 atom stereocenters. The highest BCUT2D eigenvalue weighted by Gasteiger charge is 2.18. The Morgan fingerprint density at radius 1 is 1.11 bits per heavy atom. The van der Waals surface area contributed by atoms with E-state index in [0.717, 1.165) is 22.6 Å². The summed E-state index contributed by atoms with van der Waals surface area (Å²) in [6.07, 6.45) is 1.12. The Morgan fingerprint density at radius 3 is 1.89 bits per heavy atom. The second-order valence-corrected chi connectivity index (χ2v) is 8.74. The fourth-order valence-electron chi connectivity index (χ4n) is 1.03. The molecule has 0 saturated heterocycles. The maximum Gasteiger partial charge on any atom is 0.359 e. The van der Waals surface area contributed by atoms with E-state index in [0.29, 0.717) is 10.0 Å². The Morgan fingerprint density at radius 2 is 1.67 bits per heavy atom. The third kappa shape index (κ3) is 10.6. The second-order valence-electron chi connectivity index (χ2n) is 4.15. The van der Waals surface area contributed by atoms with Crippen LogP contribution in [-0.2, 0) is 9.84 Å². The van der Waals surface area contributed by atoms with Gasteiger partial charge in [-0.25, -0.2) is 21.6 Å². The molecule has 2 aromatic heterocycles. The molecule has 0 spiro atoms. The first-order chi connectivity index (χ1) is 12.2. The average molecular weight is 425 g/mol. The van der Waals surface area contributed by atoms with E-state index >= 15 is 0 Å². The van der Waals surface area contributed by atoms with Gasteiger partial charge in [0.15, 0.2) is 6.07 Å². The smallest absolute Gasteiger partial charge is 0.301 e. The van der Waals surface area contributed by atoms with Crippen LogP contribution in [0.15, 0.2) is 4.34 Å². The van der Waals surface area contributed by atoms with Gasteiger partial charge < -0.3 is 4.85 Å². The maximum atomic E-state index is 10.8. The first-order valence-corrected chi connectivity index (χ1v) is 9.98. The van der Waals surface area contributed by atoms with Crippen molar-refractivity contribution >= 4 is 32.5 Å². The summed E-state index contributed by atoms with van der Waals surface area (Å²) in [7, 11) is -3.14. The van der Waals surface area contributed by atoms with E-state index in [-0.39, 0.29) is 18.3 Å². The van der Waals surface area contributed by atoms with Crippen LogP contribution in [0, 0.1) is 49.7 Å².